The summed E-state index contributed by atoms with van der Waals surface area (Å²) in [5, 5.41) is 0.547. The van der Waals surface area contributed by atoms with Crippen LogP contribution >= 0.6 is 39.1 Å². The molecule has 0 bridgehead atoms. The molecule has 3 aromatic carbocycles. The van der Waals surface area contributed by atoms with Crippen LogP contribution in [0.2, 0.25) is 10.0 Å². The number of benzene rings is 3. The Hall–Kier alpha value is -3.52. The molecular formula is C30H19BrCl2N2O4. The van der Waals surface area contributed by atoms with Crippen LogP contribution < -0.4 is 4.90 Å². The third-order valence-electron chi connectivity index (χ3n) is 7.35. The lowest BCUT2D eigenvalue weighted by Crippen LogP contribution is -2.46. The van der Waals surface area contributed by atoms with Crippen molar-refractivity contribution in [3.63, 3.8) is 0 Å². The number of hydrogen-bond donors (Lipinski definition) is 0. The Labute approximate surface area is 242 Å². The highest BCUT2D eigenvalue weighted by atomic mass is 79.9. The number of anilines is 1. The van der Waals surface area contributed by atoms with Crippen LogP contribution in [0, 0.1) is 11.8 Å². The molecule has 4 atom stereocenters. The van der Waals surface area contributed by atoms with Gasteiger partial charge in [0.05, 0.1) is 23.6 Å². The van der Waals surface area contributed by atoms with Crippen LogP contribution in [0.15, 0.2) is 101 Å². The summed E-state index contributed by atoms with van der Waals surface area (Å²) in [5.41, 5.74) is 1.55. The van der Waals surface area contributed by atoms with E-state index in [1.165, 1.54) is 18.2 Å². The fraction of sp³-hybridized carbons (Fsp3) is 0.133. The summed E-state index contributed by atoms with van der Waals surface area (Å²) in [6, 6.07) is 18.5. The van der Waals surface area contributed by atoms with Gasteiger partial charge in [-0.05, 0) is 36.4 Å². The molecule has 39 heavy (non-hydrogen) atoms. The summed E-state index contributed by atoms with van der Waals surface area (Å²) in [6.07, 6.45) is 4.99. The minimum absolute atomic E-state index is 0.207. The Bertz CT molecular complexity index is 1580. The quantitative estimate of drug-likeness (QED) is 0.253. The van der Waals surface area contributed by atoms with E-state index in [9.17, 15) is 19.2 Å². The van der Waals surface area contributed by atoms with Crippen molar-refractivity contribution in [1.82, 2.24) is 4.90 Å². The minimum atomic E-state index is -0.969. The molecule has 194 valence electrons. The zero-order valence-electron chi connectivity index (χ0n) is 20.1. The van der Waals surface area contributed by atoms with Gasteiger partial charge in [0, 0.05) is 37.4 Å². The van der Waals surface area contributed by atoms with Crippen LogP contribution in [-0.4, -0.2) is 40.4 Å². The number of ketones is 2. The van der Waals surface area contributed by atoms with Crippen LogP contribution in [0.5, 0.6) is 0 Å². The fourth-order valence-electron chi connectivity index (χ4n) is 5.66. The van der Waals surface area contributed by atoms with E-state index >= 15 is 0 Å². The molecule has 9 heteroatoms. The summed E-state index contributed by atoms with van der Waals surface area (Å²) in [5.74, 6) is -3.33. The van der Waals surface area contributed by atoms with Crippen LogP contribution in [-0.2, 0) is 9.59 Å². The van der Waals surface area contributed by atoms with Crippen molar-refractivity contribution in [2.45, 2.75) is 12.1 Å². The van der Waals surface area contributed by atoms with Crippen LogP contribution in [0.4, 0.5) is 5.69 Å². The van der Waals surface area contributed by atoms with E-state index in [4.69, 9.17) is 23.2 Å². The van der Waals surface area contributed by atoms with Crippen molar-refractivity contribution in [3.05, 3.63) is 122 Å². The van der Waals surface area contributed by atoms with Gasteiger partial charge in [-0.2, -0.15) is 0 Å². The summed E-state index contributed by atoms with van der Waals surface area (Å²) in [6.45, 7) is 0. The van der Waals surface area contributed by atoms with Crippen molar-refractivity contribution in [1.29, 1.82) is 0 Å². The third kappa shape index (κ3) is 4.35. The Balaban J connectivity index is 1.44. The molecule has 0 spiro atoms. The molecule has 2 amide bonds. The van der Waals surface area contributed by atoms with E-state index in [0.29, 0.717) is 16.7 Å². The molecule has 3 aliphatic rings. The molecule has 3 aliphatic heterocycles. The highest BCUT2D eigenvalue weighted by molar-refractivity contribution is 9.10. The predicted octanol–water partition coefficient (Wildman–Crippen LogP) is 6.13. The monoisotopic (exact) mass is 620 g/mol. The largest absolute Gasteiger partial charge is 0.359 e. The molecule has 6 nitrogen and oxygen atoms in total. The number of rotatable bonds is 5. The first kappa shape index (κ1) is 25.7. The van der Waals surface area contributed by atoms with Crippen molar-refractivity contribution in [3.8, 4) is 0 Å². The molecule has 0 radical (unpaired) electrons. The Kier molecular flexibility index (Phi) is 6.53. The first-order valence-corrected chi connectivity index (χ1v) is 13.7. The number of amides is 2. The number of nitrogens with zero attached hydrogens (tertiary/aromatic N) is 2. The second kappa shape index (κ2) is 9.90. The van der Waals surface area contributed by atoms with Gasteiger partial charge < -0.3 is 4.90 Å². The average Bonchev–Trinajstić information content (AvgIpc) is 3.39. The molecular weight excluding hydrogens is 603 g/mol. The maximum atomic E-state index is 13.9. The van der Waals surface area contributed by atoms with Crippen molar-refractivity contribution < 1.29 is 19.2 Å². The topological polar surface area (TPSA) is 74.8 Å². The van der Waals surface area contributed by atoms with E-state index in [1.807, 2.05) is 6.07 Å². The van der Waals surface area contributed by atoms with Gasteiger partial charge >= 0.3 is 0 Å². The maximum Gasteiger partial charge on any atom is 0.240 e. The van der Waals surface area contributed by atoms with Crippen molar-refractivity contribution >= 4 is 68.2 Å². The van der Waals surface area contributed by atoms with Crippen LogP contribution in [0.25, 0.3) is 0 Å². The molecule has 0 saturated carbocycles. The number of imide groups is 1. The van der Waals surface area contributed by atoms with Gasteiger partial charge in [-0.1, -0.05) is 87.7 Å². The second-order valence-electron chi connectivity index (χ2n) is 9.58. The molecule has 2 saturated heterocycles. The molecule has 2 fully saturated rings. The lowest BCUT2D eigenvalue weighted by molar-refractivity contribution is -0.123. The number of fused-ring (bicyclic) bond motifs is 3. The van der Waals surface area contributed by atoms with E-state index < -0.39 is 35.7 Å². The SMILES string of the molecule is O=C(C1=C[C@H]2[C@@H]3C(=O)N(c4cc(Cl)cc(Cl)c4)C(=O)[C@@H]3[C@H](C(=O)c3ccc(Br)cc3)N2C=C1)c1ccccc1. The number of hydrogen-bond acceptors (Lipinski definition) is 5. The molecule has 0 aliphatic carbocycles. The highest BCUT2D eigenvalue weighted by Gasteiger charge is 2.63. The van der Waals surface area contributed by atoms with Gasteiger partial charge in [-0.25, -0.2) is 4.90 Å². The molecule has 3 heterocycles. The number of halogens is 3. The number of allylic oxidation sites excluding steroid dienone is 2. The van der Waals surface area contributed by atoms with Crippen molar-refractivity contribution in [2.75, 3.05) is 4.90 Å². The van der Waals surface area contributed by atoms with Gasteiger partial charge in [0.15, 0.2) is 11.6 Å². The Morgan fingerprint density at radius 2 is 1.44 bits per heavy atom. The minimum Gasteiger partial charge on any atom is -0.359 e. The van der Waals surface area contributed by atoms with E-state index in [1.54, 1.807) is 71.8 Å². The lowest BCUT2D eigenvalue weighted by atomic mass is 9.85. The normalized spacial score (nSPS) is 23.5. The van der Waals surface area contributed by atoms with Gasteiger partial charge in [-0.3, -0.25) is 19.2 Å². The Morgan fingerprint density at radius 3 is 2.10 bits per heavy atom. The average molecular weight is 622 g/mol. The number of carbonyl (C=O) groups excluding carboxylic acids is 4. The summed E-state index contributed by atoms with van der Waals surface area (Å²) >= 11 is 15.7. The molecule has 0 aromatic heterocycles. The zero-order valence-corrected chi connectivity index (χ0v) is 23.2. The number of Topliss-reactive ketones (excluding diaryl/α,β-unsaturated/α-hetero) is 2. The van der Waals surface area contributed by atoms with E-state index in [2.05, 4.69) is 15.9 Å². The van der Waals surface area contributed by atoms with E-state index in [-0.39, 0.29) is 27.3 Å². The van der Waals surface area contributed by atoms with Gasteiger partial charge in [0.1, 0.15) is 6.04 Å². The highest BCUT2D eigenvalue weighted by Crippen LogP contribution is 2.47. The van der Waals surface area contributed by atoms with Gasteiger partial charge in [0.2, 0.25) is 11.8 Å². The standard InChI is InChI=1S/C30H19BrCl2N2O4/c31-19-8-6-17(7-9-19)28(37)26-25-24(29(38)35(30(25)39)22-14-20(32)13-21(33)15-22)23-12-18(10-11-34(23)26)27(36)16-4-2-1-3-5-16/h1-15,23-26H/t23-,24-,25-,26+/m0/s1. The second-order valence-corrected chi connectivity index (χ2v) is 11.4. The summed E-state index contributed by atoms with van der Waals surface area (Å²) in [4.78, 5) is 57.8. The predicted molar refractivity (Wildman–Crippen MR) is 152 cm³/mol. The van der Waals surface area contributed by atoms with E-state index in [0.717, 1.165) is 9.37 Å². The van der Waals surface area contributed by atoms with Gasteiger partial charge in [-0.15, -0.1) is 0 Å². The van der Waals surface area contributed by atoms with Crippen molar-refractivity contribution in [2.24, 2.45) is 11.8 Å². The Morgan fingerprint density at radius 1 is 0.795 bits per heavy atom. The first-order chi connectivity index (χ1) is 18.7. The smallest absolute Gasteiger partial charge is 0.240 e. The maximum absolute atomic E-state index is 13.9. The van der Waals surface area contributed by atoms with Crippen LogP contribution in [0.3, 0.4) is 0 Å². The molecule has 0 N–H and O–H groups in total. The van der Waals surface area contributed by atoms with Crippen LogP contribution in [0.1, 0.15) is 20.7 Å². The number of carbonyl (C=O) groups is 4. The molecule has 6 rings (SSSR count). The molecule has 3 aromatic rings. The lowest BCUT2D eigenvalue weighted by Gasteiger charge is -2.33. The fourth-order valence-corrected chi connectivity index (χ4v) is 6.44. The first-order valence-electron chi connectivity index (χ1n) is 12.2. The third-order valence-corrected chi connectivity index (χ3v) is 8.31. The molecule has 0 unspecified atom stereocenters. The zero-order chi connectivity index (χ0) is 27.4. The van der Waals surface area contributed by atoms with Gasteiger partial charge in [0.25, 0.3) is 0 Å². The summed E-state index contributed by atoms with van der Waals surface area (Å²) < 4.78 is 0.808. The summed E-state index contributed by atoms with van der Waals surface area (Å²) in [7, 11) is 0.